The number of carbonyl (C=O) groups is 1. The smallest absolute Gasteiger partial charge is 0.138 e. The van der Waals surface area contributed by atoms with Gasteiger partial charge in [0, 0.05) is 12.3 Å². The molecule has 84 valence electrons. The number of Topliss-reactive ketones (excluding diaryl/α,β-unsaturated/α-hetero) is 1. The van der Waals surface area contributed by atoms with E-state index in [0.717, 1.165) is 19.3 Å². The Morgan fingerprint density at radius 3 is 2.80 bits per heavy atom. The molecule has 4 heteroatoms. The van der Waals surface area contributed by atoms with Crippen LogP contribution >= 0.6 is 23.5 Å². The Morgan fingerprint density at radius 1 is 1.33 bits per heavy atom. The highest BCUT2D eigenvalue weighted by atomic mass is 32.2. The van der Waals surface area contributed by atoms with Crippen molar-refractivity contribution >= 4 is 29.3 Å². The third kappa shape index (κ3) is 1.56. The van der Waals surface area contributed by atoms with E-state index in [-0.39, 0.29) is 16.1 Å². The molecule has 0 aromatic rings. The molecule has 1 saturated heterocycles. The summed E-state index contributed by atoms with van der Waals surface area (Å²) in [7, 11) is 0. The van der Waals surface area contributed by atoms with Crippen LogP contribution in [0.1, 0.15) is 25.7 Å². The summed E-state index contributed by atoms with van der Waals surface area (Å²) in [5.74, 6) is 3.23. The topological polar surface area (TPSA) is 37.3 Å². The molecule has 2 nitrogen and oxygen atoms in total. The molecular formula is C11H16O2S2. The highest BCUT2D eigenvalue weighted by Crippen LogP contribution is 2.59. The lowest BCUT2D eigenvalue weighted by molar-refractivity contribution is -0.123. The number of hydrogen-bond donors (Lipinski definition) is 1. The first-order chi connectivity index (χ1) is 7.21. The molecule has 0 unspecified atom stereocenters. The van der Waals surface area contributed by atoms with Crippen molar-refractivity contribution in [3.8, 4) is 0 Å². The minimum atomic E-state index is -0.366. The van der Waals surface area contributed by atoms with Crippen molar-refractivity contribution < 1.29 is 9.90 Å². The number of aliphatic hydroxyl groups is 1. The number of fused-ring (bicyclic) bond motifs is 3. The van der Waals surface area contributed by atoms with Gasteiger partial charge in [-0.2, -0.15) is 0 Å². The standard InChI is InChI=1S/C11H16O2S2/c12-9-5-7-4-8(9)10(13)6-11(7)14-2-1-3-15-11/h7-8,10,13H,1-6H2/t7-,8-,10+/m1/s1. The Hall–Kier alpha value is 0.330. The molecule has 1 spiro atoms. The molecule has 0 radical (unpaired) electrons. The molecule has 3 aliphatic rings. The monoisotopic (exact) mass is 244 g/mol. The third-order valence-corrected chi connectivity index (χ3v) is 7.63. The lowest BCUT2D eigenvalue weighted by Gasteiger charge is -2.45. The van der Waals surface area contributed by atoms with Crippen LogP contribution in [0.3, 0.4) is 0 Å². The molecule has 2 aliphatic carbocycles. The van der Waals surface area contributed by atoms with Crippen LogP contribution < -0.4 is 0 Å². The van der Waals surface area contributed by atoms with Crippen LogP contribution in [0.4, 0.5) is 0 Å². The Labute approximate surface area is 98.6 Å². The van der Waals surface area contributed by atoms with Crippen molar-refractivity contribution in [2.75, 3.05) is 11.5 Å². The van der Waals surface area contributed by atoms with Gasteiger partial charge in [0.05, 0.1) is 10.2 Å². The highest BCUT2D eigenvalue weighted by molar-refractivity contribution is 8.18. The zero-order valence-electron chi connectivity index (χ0n) is 8.65. The average molecular weight is 244 g/mol. The van der Waals surface area contributed by atoms with E-state index in [1.54, 1.807) is 0 Å². The SMILES string of the molecule is O=C1C[C@H]2C[C@H]1[C@@H](O)CC21SCCCS1. The lowest BCUT2D eigenvalue weighted by Crippen LogP contribution is -2.42. The van der Waals surface area contributed by atoms with Crippen LogP contribution in [0.5, 0.6) is 0 Å². The maximum atomic E-state index is 11.7. The molecule has 1 N–H and O–H groups in total. The van der Waals surface area contributed by atoms with Gasteiger partial charge in [0.1, 0.15) is 5.78 Å². The van der Waals surface area contributed by atoms with Gasteiger partial charge in [0.25, 0.3) is 0 Å². The first-order valence-corrected chi connectivity index (χ1v) is 7.67. The van der Waals surface area contributed by atoms with Gasteiger partial charge in [0.2, 0.25) is 0 Å². The number of aliphatic hydroxyl groups excluding tert-OH is 1. The highest BCUT2D eigenvalue weighted by Gasteiger charge is 2.55. The molecule has 3 atom stereocenters. The molecule has 2 bridgehead atoms. The van der Waals surface area contributed by atoms with Gasteiger partial charge in [-0.1, -0.05) is 0 Å². The van der Waals surface area contributed by atoms with Crippen molar-refractivity contribution in [2.24, 2.45) is 11.8 Å². The zero-order valence-corrected chi connectivity index (χ0v) is 10.3. The van der Waals surface area contributed by atoms with E-state index in [9.17, 15) is 9.90 Å². The maximum absolute atomic E-state index is 11.7. The van der Waals surface area contributed by atoms with Crippen LogP contribution in [0.15, 0.2) is 0 Å². The van der Waals surface area contributed by atoms with Crippen molar-refractivity contribution in [3.63, 3.8) is 0 Å². The summed E-state index contributed by atoms with van der Waals surface area (Å²) in [5.41, 5.74) is 0. The van der Waals surface area contributed by atoms with E-state index in [1.165, 1.54) is 17.9 Å². The fourth-order valence-electron chi connectivity index (χ4n) is 3.17. The predicted molar refractivity (Wildman–Crippen MR) is 64.1 cm³/mol. The van der Waals surface area contributed by atoms with Gasteiger partial charge < -0.3 is 5.11 Å². The lowest BCUT2D eigenvalue weighted by atomic mass is 9.86. The van der Waals surface area contributed by atoms with E-state index in [4.69, 9.17) is 0 Å². The summed E-state index contributed by atoms with van der Waals surface area (Å²) in [5, 5.41) is 10.0. The first-order valence-electron chi connectivity index (χ1n) is 5.70. The molecule has 15 heavy (non-hydrogen) atoms. The second-order valence-corrected chi connectivity index (χ2v) is 7.95. The maximum Gasteiger partial charge on any atom is 0.138 e. The quantitative estimate of drug-likeness (QED) is 0.706. The van der Waals surface area contributed by atoms with Gasteiger partial charge in [-0.25, -0.2) is 0 Å². The molecule has 1 heterocycles. The molecular weight excluding hydrogens is 228 g/mol. The summed E-state index contributed by atoms with van der Waals surface area (Å²) in [6, 6.07) is 0. The van der Waals surface area contributed by atoms with Gasteiger partial charge in [-0.3, -0.25) is 4.79 Å². The minimum absolute atomic E-state index is 0.0243. The van der Waals surface area contributed by atoms with Crippen molar-refractivity contribution in [1.82, 2.24) is 0 Å². The normalized spacial score (nSPS) is 43.5. The Bertz CT molecular complexity index is 286. The number of ketones is 1. The van der Waals surface area contributed by atoms with Crippen LogP contribution in [-0.4, -0.2) is 32.6 Å². The number of rotatable bonds is 0. The second-order valence-electron chi connectivity index (χ2n) is 4.84. The summed E-state index contributed by atoms with van der Waals surface area (Å²) >= 11 is 4.00. The van der Waals surface area contributed by atoms with Crippen molar-refractivity contribution in [2.45, 2.75) is 35.9 Å². The molecule has 2 saturated carbocycles. The fourth-order valence-corrected chi connectivity index (χ4v) is 6.86. The molecule has 0 amide bonds. The third-order valence-electron chi connectivity index (χ3n) is 3.96. The predicted octanol–water partition coefficient (Wildman–Crippen LogP) is 1.91. The van der Waals surface area contributed by atoms with Gasteiger partial charge in [-0.15, -0.1) is 23.5 Å². The Kier molecular flexibility index (Phi) is 2.57. The molecule has 1 aliphatic heterocycles. The number of hydrogen-bond acceptors (Lipinski definition) is 4. The van der Waals surface area contributed by atoms with Gasteiger partial charge in [-0.05, 0) is 36.7 Å². The zero-order chi connectivity index (χ0) is 10.5. The fraction of sp³-hybridized carbons (Fsp3) is 0.909. The first kappa shape index (κ1) is 10.5. The van der Waals surface area contributed by atoms with E-state index >= 15 is 0 Å². The summed E-state index contributed by atoms with van der Waals surface area (Å²) in [6.45, 7) is 0. The summed E-state index contributed by atoms with van der Waals surface area (Å²) in [4.78, 5) is 11.7. The minimum Gasteiger partial charge on any atom is -0.392 e. The molecule has 0 aromatic carbocycles. The van der Waals surface area contributed by atoms with Crippen molar-refractivity contribution in [3.05, 3.63) is 0 Å². The van der Waals surface area contributed by atoms with Crippen LogP contribution in [0.2, 0.25) is 0 Å². The largest absolute Gasteiger partial charge is 0.392 e. The molecule has 0 aromatic heterocycles. The van der Waals surface area contributed by atoms with E-state index < -0.39 is 0 Å². The number of thioether (sulfide) groups is 2. The second kappa shape index (κ2) is 3.67. The summed E-state index contributed by atoms with van der Waals surface area (Å²) < 4.78 is 0.181. The molecule has 3 rings (SSSR count). The van der Waals surface area contributed by atoms with E-state index in [0.29, 0.717) is 11.7 Å². The molecule has 3 fully saturated rings. The van der Waals surface area contributed by atoms with Gasteiger partial charge >= 0.3 is 0 Å². The number of carbonyl (C=O) groups excluding carboxylic acids is 1. The van der Waals surface area contributed by atoms with Crippen LogP contribution in [0, 0.1) is 11.8 Å². The van der Waals surface area contributed by atoms with E-state index in [1.807, 2.05) is 23.5 Å². The van der Waals surface area contributed by atoms with Crippen LogP contribution in [-0.2, 0) is 4.79 Å². The van der Waals surface area contributed by atoms with Gasteiger partial charge in [0.15, 0.2) is 0 Å². The van der Waals surface area contributed by atoms with Crippen LogP contribution in [0.25, 0.3) is 0 Å². The summed E-state index contributed by atoms with van der Waals surface area (Å²) in [6.07, 6.45) is 3.41. The average Bonchev–Trinajstić information content (AvgIpc) is 2.58. The Morgan fingerprint density at radius 2 is 2.07 bits per heavy atom. The Balaban J connectivity index is 1.88. The van der Waals surface area contributed by atoms with E-state index in [2.05, 4.69) is 0 Å². The van der Waals surface area contributed by atoms with Crippen molar-refractivity contribution in [1.29, 1.82) is 0 Å².